The Bertz CT molecular complexity index is 1210. The predicted octanol–water partition coefficient (Wildman–Crippen LogP) is 4.93. The fraction of sp³-hybridized carbons (Fsp3) is 0.417. The van der Waals surface area contributed by atoms with E-state index in [1.165, 1.54) is 12.1 Å². The lowest BCUT2D eigenvalue weighted by Gasteiger charge is -2.24. The number of nitrogens with one attached hydrogen (secondary N) is 1. The minimum atomic E-state index is -3.20. The molecular weight excluding hydrogens is 366 g/mol. The Morgan fingerprint density at radius 2 is 1.62 bits per heavy atom. The summed E-state index contributed by atoms with van der Waals surface area (Å²) in [5, 5.41) is 3.25. The highest BCUT2D eigenvalue weighted by atomic mass is 16.5. The van der Waals surface area contributed by atoms with Crippen molar-refractivity contribution in [3.05, 3.63) is 47.0 Å². The zero-order valence-corrected chi connectivity index (χ0v) is 16.4. The molecule has 2 aromatic rings. The molecule has 0 saturated heterocycles. The van der Waals surface area contributed by atoms with Crippen molar-refractivity contribution >= 4 is 11.8 Å². The number of hydrogen-bond donors (Lipinski definition) is 1. The predicted molar refractivity (Wildman–Crippen MR) is 117 cm³/mol. The summed E-state index contributed by atoms with van der Waals surface area (Å²) in [5.74, 6) is 0.255. The van der Waals surface area contributed by atoms with E-state index in [4.69, 9.17) is 32.7 Å². The van der Waals surface area contributed by atoms with Gasteiger partial charge in [0.2, 0.25) is 0 Å². The smallest absolute Gasteiger partial charge is 0.161 e. The van der Waals surface area contributed by atoms with Crippen molar-refractivity contribution in [3.8, 4) is 23.0 Å². The highest BCUT2D eigenvalue weighted by Crippen LogP contribution is 2.36. The molecule has 1 aliphatic heterocycles. The monoisotopic (exact) mass is 407 g/mol. The van der Waals surface area contributed by atoms with Crippen LogP contribution in [0.1, 0.15) is 57.9 Å². The topological polar surface area (TPSA) is 49.0 Å². The van der Waals surface area contributed by atoms with Crippen LogP contribution in [0.2, 0.25) is 0 Å². The van der Waals surface area contributed by atoms with Crippen LogP contribution in [0.3, 0.4) is 0 Å². The highest BCUT2D eigenvalue weighted by molar-refractivity contribution is 5.84. The largest absolute Gasteiger partial charge is 0.490 e. The minimum absolute atomic E-state index is 0.427. The molecule has 5 nitrogen and oxygen atoms in total. The SMILES string of the molecule is [2H]C([2H])([2H])C([2H])([2H])Oc1cc2c(cc1OC([2H])([2H])C([2H])([2H])[2H])C(=Cc1ccc(OCC)c(OCC)c1)NCC2. The maximum absolute atomic E-state index is 7.92. The summed E-state index contributed by atoms with van der Waals surface area (Å²) in [6.07, 6.45) is 2.25. The van der Waals surface area contributed by atoms with E-state index in [9.17, 15) is 0 Å². The third-order valence-electron chi connectivity index (χ3n) is 4.37. The lowest BCUT2D eigenvalue weighted by atomic mass is 9.96. The van der Waals surface area contributed by atoms with Gasteiger partial charge in [-0.2, -0.15) is 0 Å². The van der Waals surface area contributed by atoms with Gasteiger partial charge in [-0.15, -0.1) is 0 Å². The molecule has 0 unspecified atom stereocenters. The molecule has 0 radical (unpaired) electrons. The molecule has 1 aliphatic rings. The molecule has 29 heavy (non-hydrogen) atoms. The van der Waals surface area contributed by atoms with Gasteiger partial charge in [-0.3, -0.25) is 0 Å². The molecule has 1 N–H and O–H groups in total. The fourth-order valence-corrected chi connectivity index (χ4v) is 3.21. The quantitative estimate of drug-likeness (QED) is 0.639. The Kier molecular flexibility index (Phi) is 3.97. The standard InChI is InChI=1S/C24H31NO4/c1-5-26-21-10-9-17(14-22(21)27-6-2)13-20-19-16-24(29-8-4)23(28-7-3)15-18(19)11-12-25-20/h9-10,13-16,25H,5-8,11-12H2,1-4H3/i3D3,4D3,7D2,8D2. The van der Waals surface area contributed by atoms with Gasteiger partial charge in [0.05, 0.1) is 31.8 Å². The molecular formula is C24H31NO4. The molecule has 3 rings (SSSR count). The first kappa shape index (κ1) is 11.4. The van der Waals surface area contributed by atoms with E-state index in [1.807, 2.05) is 19.9 Å². The van der Waals surface area contributed by atoms with Crippen LogP contribution in [-0.2, 0) is 6.42 Å². The number of hydrogen-bond acceptors (Lipinski definition) is 5. The molecule has 0 aromatic heterocycles. The van der Waals surface area contributed by atoms with Gasteiger partial charge in [0, 0.05) is 26.0 Å². The molecule has 0 aliphatic carbocycles. The van der Waals surface area contributed by atoms with Gasteiger partial charge in [-0.05, 0) is 75.4 Å². The molecule has 0 fully saturated rings. The second kappa shape index (κ2) is 10.1. The summed E-state index contributed by atoms with van der Waals surface area (Å²) in [6, 6.07) is 8.06. The van der Waals surface area contributed by atoms with E-state index in [-0.39, 0.29) is 0 Å². The van der Waals surface area contributed by atoms with Crippen molar-refractivity contribution < 1.29 is 32.7 Å². The first-order valence-electron chi connectivity index (χ1n) is 14.4. The summed E-state index contributed by atoms with van der Waals surface area (Å²) >= 11 is 0. The molecule has 1 heterocycles. The van der Waals surface area contributed by atoms with Crippen molar-refractivity contribution in [2.45, 2.75) is 34.0 Å². The summed E-state index contributed by atoms with van der Waals surface area (Å²) in [7, 11) is 0. The first-order valence-corrected chi connectivity index (χ1v) is 9.39. The molecule has 2 aromatic carbocycles. The van der Waals surface area contributed by atoms with Gasteiger partial charge in [0.15, 0.2) is 23.0 Å². The van der Waals surface area contributed by atoms with E-state index in [0.29, 0.717) is 54.5 Å². The third kappa shape index (κ3) is 4.97. The Labute approximate surface area is 187 Å². The maximum Gasteiger partial charge on any atom is 0.161 e. The Morgan fingerprint density at radius 1 is 0.931 bits per heavy atom. The minimum Gasteiger partial charge on any atom is -0.490 e. The molecule has 0 bridgehead atoms. The van der Waals surface area contributed by atoms with Crippen LogP contribution in [0.25, 0.3) is 11.8 Å². The lowest BCUT2D eigenvalue weighted by Crippen LogP contribution is -2.22. The molecule has 5 heteroatoms. The average Bonchev–Trinajstić information content (AvgIpc) is 2.80. The fourth-order valence-electron chi connectivity index (χ4n) is 3.21. The Morgan fingerprint density at radius 3 is 2.34 bits per heavy atom. The van der Waals surface area contributed by atoms with E-state index in [1.54, 1.807) is 18.2 Å². The average molecular weight is 408 g/mol. The normalized spacial score (nSPS) is 21.1. The number of ether oxygens (including phenoxy) is 4. The Balaban J connectivity index is 2.13. The van der Waals surface area contributed by atoms with Crippen LogP contribution in [0, 0.1) is 0 Å². The zero-order valence-electron chi connectivity index (χ0n) is 26.4. The number of benzene rings is 2. The zero-order chi connectivity index (χ0) is 29.2. The van der Waals surface area contributed by atoms with Gasteiger partial charge in [0.1, 0.15) is 0 Å². The first-order chi connectivity index (χ1) is 18.0. The van der Waals surface area contributed by atoms with Crippen LogP contribution in [0.5, 0.6) is 23.0 Å². The van der Waals surface area contributed by atoms with E-state index >= 15 is 0 Å². The molecule has 0 amide bonds. The summed E-state index contributed by atoms with van der Waals surface area (Å²) in [4.78, 5) is 0. The van der Waals surface area contributed by atoms with E-state index in [2.05, 4.69) is 5.32 Å². The van der Waals surface area contributed by atoms with Crippen molar-refractivity contribution in [1.82, 2.24) is 5.32 Å². The summed E-state index contributed by atoms with van der Waals surface area (Å²) in [6.45, 7) is -7.62. The second-order valence-electron chi connectivity index (χ2n) is 6.17. The molecule has 0 saturated carbocycles. The third-order valence-corrected chi connectivity index (χ3v) is 4.37. The molecule has 0 spiro atoms. The number of rotatable bonds is 9. The Hall–Kier alpha value is -2.82. The highest BCUT2D eigenvalue weighted by Gasteiger charge is 2.19. The second-order valence-corrected chi connectivity index (χ2v) is 6.17. The summed E-state index contributed by atoms with van der Waals surface area (Å²) in [5.41, 5.74) is 2.49. The van der Waals surface area contributed by atoms with Crippen molar-refractivity contribution in [2.75, 3.05) is 32.9 Å². The van der Waals surface area contributed by atoms with Crippen molar-refractivity contribution in [2.24, 2.45) is 0 Å². The molecule has 0 atom stereocenters. The van der Waals surface area contributed by atoms with Gasteiger partial charge < -0.3 is 24.3 Å². The van der Waals surface area contributed by atoms with Gasteiger partial charge in [-0.1, -0.05) is 6.07 Å². The van der Waals surface area contributed by atoms with Crippen LogP contribution in [0.15, 0.2) is 30.3 Å². The maximum atomic E-state index is 7.92. The van der Waals surface area contributed by atoms with Gasteiger partial charge >= 0.3 is 0 Å². The van der Waals surface area contributed by atoms with E-state index < -0.39 is 38.3 Å². The summed E-state index contributed by atoms with van der Waals surface area (Å²) < 4.78 is 98.1. The van der Waals surface area contributed by atoms with Crippen LogP contribution in [-0.4, -0.2) is 32.9 Å². The van der Waals surface area contributed by atoms with E-state index in [0.717, 1.165) is 5.56 Å². The molecule has 156 valence electrons. The van der Waals surface area contributed by atoms with Crippen molar-refractivity contribution in [3.63, 3.8) is 0 Å². The lowest BCUT2D eigenvalue weighted by molar-refractivity contribution is 0.287. The van der Waals surface area contributed by atoms with Crippen molar-refractivity contribution in [1.29, 1.82) is 0 Å². The number of fused-ring (bicyclic) bond motifs is 1. The van der Waals surface area contributed by atoms with Gasteiger partial charge in [-0.25, -0.2) is 0 Å². The van der Waals surface area contributed by atoms with Gasteiger partial charge in [0.25, 0.3) is 0 Å². The van der Waals surface area contributed by atoms with Crippen LogP contribution >= 0.6 is 0 Å². The van der Waals surface area contributed by atoms with Crippen LogP contribution < -0.4 is 24.3 Å². The van der Waals surface area contributed by atoms with Crippen LogP contribution in [0.4, 0.5) is 0 Å².